The van der Waals surface area contributed by atoms with E-state index in [2.05, 4.69) is 24.1 Å². The Morgan fingerprint density at radius 1 is 1.21 bits per heavy atom. The fourth-order valence-corrected chi connectivity index (χ4v) is 3.85. The van der Waals surface area contributed by atoms with E-state index in [0.29, 0.717) is 18.0 Å². The van der Waals surface area contributed by atoms with Crippen LogP contribution in [0.1, 0.15) is 46.0 Å². The van der Waals surface area contributed by atoms with Gasteiger partial charge in [-0.25, -0.2) is 0 Å². The summed E-state index contributed by atoms with van der Waals surface area (Å²) in [6.45, 7) is 9.05. The van der Waals surface area contributed by atoms with Crippen LogP contribution in [-0.2, 0) is 4.74 Å². The van der Waals surface area contributed by atoms with E-state index in [1.807, 2.05) is 7.11 Å². The van der Waals surface area contributed by atoms with Gasteiger partial charge in [-0.1, -0.05) is 33.1 Å². The molecule has 3 nitrogen and oxygen atoms in total. The van der Waals surface area contributed by atoms with Gasteiger partial charge in [-0.05, 0) is 24.7 Å². The zero-order valence-corrected chi connectivity index (χ0v) is 13.0. The summed E-state index contributed by atoms with van der Waals surface area (Å²) in [6, 6.07) is 1.30. The molecule has 1 aliphatic carbocycles. The number of hydrogen-bond acceptors (Lipinski definition) is 3. The van der Waals surface area contributed by atoms with Crippen molar-refractivity contribution in [3.8, 4) is 0 Å². The van der Waals surface area contributed by atoms with Crippen LogP contribution in [0.2, 0.25) is 0 Å². The molecule has 1 N–H and O–H groups in total. The van der Waals surface area contributed by atoms with Gasteiger partial charge in [0.15, 0.2) is 0 Å². The quantitative estimate of drug-likeness (QED) is 0.829. The summed E-state index contributed by atoms with van der Waals surface area (Å²) in [5.41, 5.74) is 0. The minimum Gasteiger partial charge on any atom is -0.383 e. The molecule has 3 heteroatoms. The van der Waals surface area contributed by atoms with E-state index in [1.54, 1.807) is 0 Å². The molecule has 2 fully saturated rings. The molecule has 1 aliphatic heterocycles. The smallest absolute Gasteiger partial charge is 0.0620 e. The average molecular weight is 268 g/mol. The van der Waals surface area contributed by atoms with Gasteiger partial charge < -0.3 is 10.1 Å². The monoisotopic (exact) mass is 268 g/mol. The number of methoxy groups -OCH3 is 1. The molecule has 0 amide bonds. The number of hydrogen-bond donors (Lipinski definition) is 1. The Labute approximate surface area is 119 Å². The summed E-state index contributed by atoms with van der Waals surface area (Å²) < 4.78 is 5.44. The fourth-order valence-electron chi connectivity index (χ4n) is 3.85. The molecule has 0 bridgehead atoms. The standard InChI is InChI=1S/C16H32N2O/c1-13(2)16(12-19-3)18-10-9-17-15(11-18)14-7-5-4-6-8-14/h13-17H,4-12H2,1-3H3. The van der Waals surface area contributed by atoms with E-state index >= 15 is 0 Å². The fraction of sp³-hybridized carbons (Fsp3) is 1.00. The van der Waals surface area contributed by atoms with Crippen LogP contribution >= 0.6 is 0 Å². The maximum atomic E-state index is 5.44. The number of nitrogens with one attached hydrogen (secondary N) is 1. The Hall–Kier alpha value is -0.120. The number of ether oxygens (including phenoxy) is 1. The van der Waals surface area contributed by atoms with Gasteiger partial charge in [-0.3, -0.25) is 4.90 Å². The van der Waals surface area contributed by atoms with Crippen LogP contribution in [0.3, 0.4) is 0 Å². The van der Waals surface area contributed by atoms with Gasteiger partial charge in [0.05, 0.1) is 6.61 Å². The second-order valence-corrected chi connectivity index (χ2v) is 6.72. The highest BCUT2D eigenvalue weighted by atomic mass is 16.5. The third kappa shape index (κ3) is 4.17. The molecule has 19 heavy (non-hydrogen) atoms. The Morgan fingerprint density at radius 2 is 1.95 bits per heavy atom. The molecular formula is C16H32N2O. The Bertz CT molecular complexity index is 251. The lowest BCUT2D eigenvalue weighted by atomic mass is 9.82. The molecule has 2 unspecified atom stereocenters. The first-order chi connectivity index (χ1) is 9.22. The molecule has 2 rings (SSSR count). The van der Waals surface area contributed by atoms with Crippen LogP contribution in [0.25, 0.3) is 0 Å². The Morgan fingerprint density at radius 3 is 2.58 bits per heavy atom. The highest BCUT2D eigenvalue weighted by Gasteiger charge is 2.31. The van der Waals surface area contributed by atoms with Gasteiger partial charge in [0, 0.05) is 38.8 Å². The van der Waals surface area contributed by atoms with Crippen molar-refractivity contribution in [2.45, 2.75) is 58.0 Å². The molecule has 1 saturated heterocycles. The van der Waals surface area contributed by atoms with Crippen LogP contribution in [-0.4, -0.2) is 50.3 Å². The van der Waals surface area contributed by atoms with Crippen molar-refractivity contribution in [3.05, 3.63) is 0 Å². The minimum absolute atomic E-state index is 0.582. The van der Waals surface area contributed by atoms with Gasteiger partial charge in [-0.2, -0.15) is 0 Å². The summed E-state index contributed by atoms with van der Waals surface area (Å²) in [5.74, 6) is 1.58. The zero-order chi connectivity index (χ0) is 13.7. The highest BCUT2D eigenvalue weighted by Crippen LogP contribution is 2.28. The molecule has 0 aromatic heterocycles. The Balaban J connectivity index is 1.91. The second-order valence-electron chi connectivity index (χ2n) is 6.72. The summed E-state index contributed by atoms with van der Waals surface area (Å²) in [6.07, 6.45) is 7.19. The third-order valence-electron chi connectivity index (χ3n) is 5.03. The average Bonchev–Trinajstić information content (AvgIpc) is 2.45. The summed E-state index contributed by atoms with van der Waals surface area (Å²) >= 11 is 0. The van der Waals surface area contributed by atoms with Crippen LogP contribution in [0, 0.1) is 11.8 Å². The van der Waals surface area contributed by atoms with Crippen molar-refractivity contribution < 1.29 is 4.74 Å². The first-order valence-corrected chi connectivity index (χ1v) is 8.18. The number of piperazine rings is 1. The topological polar surface area (TPSA) is 24.5 Å². The normalized spacial score (nSPS) is 28.7. The van der Waals surface area contributed by atoms with Crippen LogP contribution in [0.15, 0.2) is 0 Å². The molecular weight excluding hydrogens is 236 g/mol. The zero-order valence-electron chi connectivity index (χ0n) is 13.0. The maximum absolute atomic E-state index is 5.44. The van der Waals surface area contributed by atoms with Crippen molar-refractivity contribution in [1.29, 1.82) is 0 Å². The van der Waals surface area contributed by atoms with Crippen molar-refractivity contribution in [1.82, 2.24) is 10.2 Å². The van der Waals surface area contributed by atoms with Gasteiger partial charge >= 0.3 is 0 Å². The van der Waals surface area contributed by atoms with Crippen LogP contribution in [0.4, 0.5) is 0 Å². The minimum atomic E-state index is 0.582. The van der Waals surface area contributed by atoms with E-state index in [4.69, 9.17) is 4.74 Å². The Kier molecular flexibility index (Phi) is 6.11. The van der Waals surface area contributed by atoms with E-state index < -0.39 is 0 Å². The van der Waals surface area contributed by atoms with E-state index in [0.717, 1.165) is 19.1 Å². The molecule has 1 saturated carbocycles. The lowest BCUT2D eigenvalue weighted by Crippen LogP contribution is -2.58. The van der Waals surface area contributed by atoms with Crippen molar-refractivity contribution in [2.24, 2.45) is 11.8 Å². The summed E-state index contributed by atoms with van der Waals surface area (Å²) in [4.78, 5) is 2.67. The molecule has 2 aliphatic rings. The maximum Gasteiger partial charge on any atom is 0.0620 e. The van der Waals surface area contributed by atoms with Crippen molar-refractivity contribution in [3.63, 3.8) is 0 Å². The molecule has 112 valence electrons. The largest absolute Gasteiger partial charge is 0.383 e. The first kappa shape index (κ1) is 15.3. The predicted molar refractivity (Wildman–Crippen MR) is 80.4 cm³/mol. The molecule has 1 heterocycles. The SMILES string of the molecule is COCC(C(C)C)N1CCNC(C2CCCCC2)C1. The molecule has 0 aromatic carbocycles. The van der Waals surface area contributed by atoms with Crippen LogP contribution in [0.5, 0.6) is 0 Å². The van der Waals surface area contributed by atoms with Crippen LogP contribution < -0.4 is 5.32 Å². The number of nitrogens with zero attached hydrogens (tertiary/aromatic N) is 1. The van der Waals surface area contributed by atoms with Gasteiger partial charge in [-0.15, -0.1) is 0 Å². The molecule has 0 spiro atoms. The third-order valence-corrected chi connectivity index (χ3v) is 5.03. The summed E-state index contributed by atoms with van der Waals surface area (Å²) in [5, 5.41) is 3.77. The lowest BCUT2D eigenvalue weighted by molar-refractivity contribution is 0.0348. The second kappa shape index (κ2) is 7.61. The first-order valence-electron chi connectivity index (χ1n) is 8.18. The highest BCUT2D eigenvalue weighted by molar-refractivity contribution is 4.89. The van der Waals surface area contributed by atoms with Crippen molar-refractivity contribution in [2.75, 3.05) is 33.4 Å². The molecule has 2 atom stereocenters. The van der Waals surface area contributed by atoms with Crippen molar-refractivity contribution >= 4 is 0 Å². The van der Waals surface area contributed by atoms with Gasteiger partial charge in [0.2, 0.25) is 0 Å². The van der Waals surface area contributed by atoms with Gasteiger partial charge in [0.25, 0.3) is 0 Å². The van der Waals surface area contributed by atoms with E-state index in [9.17, 15) is 0 Å². The molecule has 0 aromatic rings. The summed E-state index contributed by atoms with van der Waals surface area (Å²) in [7, 11) is 1.83. The number of rotatable bonds is 5. The van der Waals surface area contributed by atoms with E-state index in [-0.39, 0.29) is 0 Å². The van der Waals surface area contributed by atoms with E-state index in [1.165, 1.54) is 45.2 Å². The molecule has 0 radical (unpaired) electrons. The predicted octanol–water partition coefficient (Wildman–Crippen LogP) is 2.51. The van der Waals surface area contributed by atoms with Gasteiger partial charge in [0.1, 0.15) is 0 Å². The lowest BCUT2D eigenvalue weighted by Gasteiger charge is -2.43.